The lowest BCUT2D eigenvalue weighted by Gasteiger charge is -1.90. The molecule has 0 bridgehead atoms. The van der Waals surface area contributed by atoms with Crippen molar-refractivity contribution < 1.29 is 4.84 Å². The van der Waals surface area contributed by atoms with Gasteiger partial charge in [-0.25, -0.2) is 0 Å². The van der Waals surface area contributed by atoms with Crippen LogP contribution in [0.25, 0.3) is 0 Å². The molecular weight excluding hydrogens is 126 g/mol. The van der Waals surface area contributed by atoms with E-state index in [-0.39, 0.29) is 0 Å². The van der Waals surface area contributed by atoms with E-state index >= 15 is 0 Å². The van der Waals surface area contributed by atoms with Crippen LogP contribution in [0.4, 0.5) is 0 Å². The number of hydrogen-bond acceptors (Lipinski definition) is 2. The van der Waals surface area contributed by atoms with E-state index in [1.807, 2.05) is 0 Å². The molecule has 0 aliphatic carbocycles. The Hall–Kier alpha value is -0.790. The smallest absolute Gasteiger partial charge is 0.106 e. The molecule has 0 saturated carbocycles. The fraction of sp³-hybridized carbons (Fsp3) is 0.625. The first kappa shape index (κ1) is 9.21. The molecular formula is C8H14NO. The monoisotopic (exact) mass is 140 g/mol. The van der Waals surface area contributed by atoms with Crippen LogP contribution in [0.5, 0.6) is 0 Å². The van der Waals surface area contributed by atoms with E-state index in [0.717, 1.165) is 25.7 Å². The van der Waals surface area contributed by atoms with Crippen LogP contribution in [0.15, 0.2) is 11.2 Å². The summed E-state index contributed by atoms with van der Waals surface area (Å²) in [5.41, 5.74) is 0. The van der Waals surface area contributed by atoms with E-state index < -0.39 is 0 Å². The molecule has 0 atom stereocenters. The molecule has 0 aromatic rings. The first-order valence-electron chi connectivity index (χ1n) is 3.50. The highest BCUT2D eigenvalue weighted by atomic mass is 16.6. The zero-order valence-corrected chi connectivity index (χ0v) is 6.42. The minimum Gasteiger partial charge on any atom is -0.399 e. The van der Waals surface area contributed by atoms with Crippen molar-refractivity contribution in [2.45, 2.75) is 25.7 Å². The lowest BCUT2D eigenvalue weighted by atomic mass is 10.2. The van der Waals surface area contributed by atoms with Gasteiger partial charge in [0.2, 0.25) is 0 Å². The van der Waals surface area contributed by atoms with Crippen LogP contribution in [0.2, 0.25) is 0 Å². The molecule has 0 spiro atoms. The van der Waals surface area contributed by atoms with Crippen LogP contribution >= 0.6 is 0 Å². The second-order valence-corrected chi connectivity index (χ2v) is 1.99. The quantitative estimate of drug-likeness (QED) is 0.315. The second-order valence-electron chi connectivity index (χ2n) is 1.99. The fourth-order valence-electron chi connectivity index (χ4n) is 0.625. The molecule has 0 fully saturated rings. The fourth-order valence-corrected chi connectivity index (χ4v) is 0.625. The molecule has 57 valence electrons. The van der Waals surface area contributed by atoms with E-state index in [1.54, 1.807) is 19.4 Å². The normalized spacial score (nSPS) is 10.1. The summed E-state index contributed by atoms with van der Waals surface area (Å²) in [4.78, 5) is 4.49. The topological polar surface area (TPSA) is 21.6 Å². The van der Waals surface area contributed by atoms with Crippen molar-refractivity contribution >= 4 is 6.21 Å². The van der Waals surface area contributed by atoms with Crippen molar-refractivity contribution in [3.8, 4) is 0 Å². The van der Waals surface area contributed by atoms with E-state index in [9.17, 15) is 0 Å². The van der Waals surface area contributed by atoms with Crippen molar-refractivity contribution in [2.75, 3.05) is 7.11 Å². The lowest BCUT2D eigenvalue weighted by molar-refractivity contribution is 0.214. The maximum Gasteiger partial charge on any atom is 0.106 e. The highest BCUT2D eigenvalue weighted by Crippen LogP contribution is 1.97. The molecule has 0 aliphatic heterocycles. The molecule has 2 nitrogen and oxygen atoms in total. The van der Waals surface area contributed by atoms with Crippen molar-refractivity contribution in [1.82, 2.24) is 0 Å². The predicted molar refractivity (Wildman–Crippen MR) is 42.8 cm³/mol. The third kappa shape index (κ3) is 7.21. The van der Waals surface area contributed by atoms with Gasteiger partial charge in [-0.15, -0.1) is 0 Å². The van der Waals surface area contributed by atoms with E-state index in [2.05, 4.69) is 9.99 Å². The van der Waals surface area contributed by atoms with Gasteiger partial charge in [-0.1, -0.05) is 17.8 Å². The van der Waals surface area contributed by atoms with Crippen molar-refractivity contribution in [2.24, 2.45) is 5.16 Å². The molecule has 0 heterocycles. The SMILES string of the molecule is [CH]=CCCCCC=NOC. The average Bonchev–Trinajstić information content (AvgIpc) is 1.97. The summed E-state index contributed by atoms with van der Waals surface area (Å²) >= 11 is 0. The summed E-state index contributed by atoms with van der Waals surface area (Å²) < 4.78 is 0. The summed E-state index contributed by atoms with van der Waals surface area (Å²) in [7, 11) is 1.55. The summed E-state index contributed by atoms with van der Waals surface area (Å²) in [5.74, 6) is 0. The maximum absolute atomic E-state index is 5.19. The van der Waals surface area contributed by atoms with Gasteiger partial charge in [-0.05, 0) is 25.7 Å². The average molecular weight is 140 g/mol. The molecule has 0 aromatic carbocycles. The summed E-state index contributed by atoms with van der Waals surface area (Å²) in [5, 5.41) is 3.60. The Labute approximate surface area is 62.6 Å². The molecule has 0 aromatic heterocycles. The van der Waals surface area contributed by atoms with E-state index in [0.29, 0.717) is 0 Å². The van der Waals surface area contributed by atoms with Gasteiger partial charge < -0.3 is 4.84 Å². The Bertz CT molecular complexity index is 99.4. The molecule has 1 radical (unpaired) electrons. The van der Waals surface area contributed by atoms with Crippen molar-refractivity contribution in [3.63, 3.8) is 0 Å². The van der Waals surface area contributed by atoms with Gasteiger partial charge in [-0.3, -0.25) is 0 Å². The standard InChI is InChI=1S/C8H14NO/c1-3-4-5-6-7-8-9-10-2/h1,3,8H,4-7H2,2H3. The molecule has 0 saturated heterocycles. The van der Waals surface area contributed by atoms with Gasteiger partial charge in [0.05, 0.1) is 0 Å². The zero-order chi connectivity index (χ0) is 7.66. The van der Waals surface area contributed by atoms with Gasteiger partial charge in [-0.2, -0.15) is 0 Å². The number of nitrogens with zero attached hydrogens (tertiary/aromatic N) is 1. The Morgan fingerprint density at radius 2 is 2.10 bits per heavy atom. The highest BCUT2D eigenvalue weighted by Gasteiger charge is 1.82. The number of allylic oxidation sites excluding steroid dienone is 1. The first-order valence-corrected chi connectivity index (χ1v) is 3.50. The molecule has 2 heteroatoms. The molecule has 0 unspecified atom stereocenters. The first-order chi connectivity index (χ1) is 4.91. The van der Waals surface area contributed by atoms with Crippen LogP contribution in [0.3, 0.4) is 0 Å². The van der Waals surface area contributed by atoms with Crippen LogP contribution < -0.4 is 0 Å². The van der Waals surface area contributed by atoms with Gasteiger partial charge in [0.1, 0.15) is 7.11 Å². The van der Waals surface area contributed by atoms with Gasteiger partial charge in [0, 0.05) is 6.21 Å². The predicted octanol–water partition coefficient (Wildman–Crippen LogP) is 2.17. The van der Waals surface area contributed by atoms with Crippen LogP contribution in [-0.2, 0) is 4.84 Å². The second kappa shape index (κ2) is 8.21. The Balaban J connectivity index is 2.89. The van der Waals surface area contributed by atoms with Gasteiger partial charge >= 0.3 is 0 Å². The van der Waals surface area contributed by atoms with Crippen LogP contribution in [0.1, 0.15) is 25.7 Å². The minimum atomic E-state index is 0.974. The maximum atomic E-state index is 5.19. The highest BCUT2D eigenvalue weighted by molar-refractivity contribution is 5.55. The van der Waals surface area contributed by atoms with E-state index in [1.165, 1.54) is 0 Å². The number of unbranched alkanes of at least 4 members (excludes halogenated alkanes) is 3. The third-order valence-electron chi connectivity index (χ3n) is 1.13. The zero-order valence-electron chi connectivity index (χ0n) is 6.42. The molecule has 0 aliphatic rings. The van der Waals surface area contributed by atoms with Gasteiger partial charge in [0.15, 0.2) is 0 Å². The lowest BCUT2D eigenvalue weighted by Crippen LogP contribution is -1.78. The summed E-state index contributed by atoms with van der Waals surface area (Å²) in [6, 6.07) is 0. The van der Waals surface area contributed by atoms with Crippen LogP contribution in [0, 0.1) is 6.58 Å². The van der Waals surface area contributed by atoms with Crippen molar-refractivity contribution in [1.29, 1.82) is 0 Å². The molecule has 10 heavy (non-hydrogen) atoms. The number of rotatable bonds is 6. The number of oxime groups is 1. The minimum absolute atomic E-state index is 0.974. The third-order valence-corrected chi connectivity index (χ3v) is 1.13. The van der Waals surface area contributed by atoms with Gasteiger partial charge in [0.25, 0.3) is 0 Å². The molecule has 0 N–H and O–H groups in total. The Kier molecular flexibility index (Phi) is 7.56. The Morgan fingerprint density at radius 1 is 1.40 bits per heavy atom. The summed E-state index contributed by atoms with van der Waals surface area (Å²) in [6.45, 7) is 5.19. The molecule has 0 rings (SSSR count). The summed E-state index contributed by atoms with van der Waals surface area (Å²) in [6.07, 6.45) is 7.68. The Morgan fingerprint density at radius 3 is 2.70 bits per heavy atom. The largest absolute Gasteiger partial charge is 0.399 e. The number of hydrogen-bond donors (Lipinski definition) is 0. The van der Waals surface area contributed by atoms with Crippen molar-refractivity contribution in [3.05, 3.63) is 12.7 Å². The molecule has 0 amide bonds. The van der Waals surface area contributed by atoms with Crippen LogP contribution in [-0.4, -0.2) is 13.3 Å². The van der Waals surface area contributed by atoms with E-state index in [4.69, 9.17) is 6.58 Å².